The van der Waals surface area contributed by atoms with E-state index < -0.39 is 28.7 Å². The highest BCUT2D eigenvalue weighted by molar-refractivity contribution is 6.43. The molecule has 0 saturated carbocycles. The molecule has 0 radical (unpaired) electrons. The molecule has 1 saturated heterocycles. The molecule has 0 spiro atoms. The fourth-order valence-corrected chi connectivity index (χ4v) is 2.34. The van der Waals surface area contributed by atoms with Gasteiger partial charge in [-0.3, -0.25) is 14.9 Å². The normalized spacial score (nSPS) is 22.1. The van der Waals surface area contributed by atoms with Gasteiger partial charge in [-0.1, -0.05) is 23.2 Å². The van der Waals surface area contributed by atoms with Gasteiger partial charge in [0.25, 0.3) is 11.6 Å². The monoisotopic (exact) mass is 320 g/mol. The predicted molar refractivity (Wildman–Crippen MR) is 71.0 cm³/mol. The maximum Gasteiger partial charge on any atom is 0.290 e. The maximum absolute atomic E-state index is 12.2. The van der Waals surface area contributed by atoms with Gasteiger partial charge in [-0.05, 0) is 6.07 Å². The average molecular weight is 321 g/mol. The second kappa shape index (κ2) is 5.53. The molecule has 1 aromatic rings. The van der Waals surface area contributed by atoms with E-state index in [0.717, 1.165) is 6.07 Å². The highest BCUT2D eigenvalue weighted by Crippen LogP contribution is 2.33. The Morgan fingerprint density at radius 2 is 1.85 bits per heavy atom. The van der Waals surface area contributed by atoms with Gasteiger partial charge in [0.05, 0.1) is 22.2 Å². The molecule has 108 valence electrons. The van der Waals surface area contributed by atoms with Crippen LogP contribution in [0.3, 0.4) is 0 Å². The Bertz CT molecular complexity index is 570. The second-order valence-electron chi connectivity index (χ2n) is 4.39. The van der Waals surface area contributed by atoms with Crippen molar-refractivity contribution in [1.82, 2.24) is 4.90 Å². The number of halogens is 2. The Balaban J connectivity index is 2.34. The van der Waals surface area contributed by atoms with Crippen LogP contribution in [0, 0.1) is 10.1 Å². The van der Waals surface area contributed by atoms with Crippen molar-refractivity contribution in [2.24, 2.45) is 0 Å². The molecule has 1 aliphatic rings. The molecule has 20 heavy (non-hydrogen) atoms. The van der Waals surface area contributed by atoms with Crippen molar-refractivity contribution < 1.29 is 19.9 Å². The van der Waals surface area contributed by atoms with Crippen LogP contribution in [-0.2, 0) is 0 Å². The van der Waals surface area contributed by atoms with Crippen LogP contribution >= 0.6 is 23.2 Å². The third-order valence-corrected chi connectivity index (χ3v) is 3.79. The van der Waals surface area contributed by atoms with Crippen LogP contribution in [0.2, 0.25) is 10.0 Å². The molecular formula is C11H10Cl2N2O5. The topological polar surface area (TPSA) is 104 Å². The number of nitro benzene ring substituents is 1. The van der Waals surface area contributed by atoms with E-state index in [2.05, 4.69) is 0 Å². The standard InChI is InChI=1S/C11H10Cl2N2O5/c12-6-1-5(2-7(10(6)13)15(19)20)11(18)14-3-8(16)9(17)4-14/h1-2,8-9,16-17H,3-4H2. The fraction of sp³-hybridized carbons (Fsp3) is 0.364. The number of hydrogen-bond donors (Lipinski definition) is 2. The van der Waals surface area contributed by atoms with E-state index in [1.54, 1.807) is 0 Å². The lowest BCUT2D eigenvalue weighted by atomic mass is 10.1. The fourth-order valence-electron chi connectivity index (χ4n) is 1.95. The molecule has 1 fully saturated rings. The smallest absolute Gasteiger partial charge is 0.290 e. The first-order valence-corrected chi connectivity index (χ1v) is 6.35. The predicted octanol–water partition coefficient (Wildman–Crippen LogP) is 1.08. The molecule has 0 aliphatic carbocycles. The number of carbonyl (C=O) groups excluding carboxylic acids is 1. The van der Waals surface area contributed by atoms with E-state index in [9.17, 15) is 25.1 Å². The number of β-amino-alcohol motifs (C(OH)–C–C–N with tert-alkyl or cyclic N) is 2. The minimum Gasteiger partial charge on any atom is -0.388 e. The van der Waals surface area contributed by atoms with Crippen LogP contribution in [0.25, 0.3) is 0 Å². The first-order chi connectivity index (χ1) is 9.31. The van der Waals surface area contributed by atoms with Crippen molar-refractivity contribution in [1.29, 1.82) is 0 Å². The summed E-state index contributed by atoms with van der Waals surface area (Å²) in [6.45, 7) is -0.0952. The van der Waals surface area contributed by atoms with Crippen LogP contribution in [0.5, 0.6) is 0 Å². The molecule has 2 unspecified atom stereocenters. The van der Waals surface area contributed by atoms with Gasteiger partial charge in [-0.15, -0.1) is 0 Å². The third kappa shape index (κ3) is 2.71. The molecule has 2 atom stereocenters. The van der Waals surface area contributed by atoms with Crippen molar-refractivity contribution in [3.8, 4) is 0 Å². The molecule has 7 nitrogen and oxygen atoms in total. The first kappa shape index (κ1) is 15.0. The summed E-state index contributed by atoms with van der Waals surface area (Å²) in [6, 6.07) is 2.24. The van der Waals surface area contributed by atoms with Crippen molar-refractivity contribution in [3.63, 3.8) is 0 Å². The van der Waals surface area contributed by atoms with Crippen LogP contribution < -0.4 is 0 Å². The summed E-state index contributed by atoms with van der Waals surface area (Å²) >= 11 is 11.5. The largest absolute Gasteiger partial charge is 0.388 e. The molecule has 2 N–H and O–H groups in total. The Morgan fingerprint density at radius 3 is 2.35 bits per heavy atom. The summed E-state index contributed by atoms with van der Waals surface area (Å²) in [6.07, 6.45) is -2.06. The molecule has 1 aromatic carbocycles. The Hall–Kier alpha value is -1.41. The van der Waals surface area contributed by atoms with Crippen LogP contribution in [0.15, 0.2) is 12.1 Å². The zero-order chi connectivity index (χ0) is 15.0. The Morgan fingerprint density at radius 1 is 1.30 bits per heavy atom. The highest BCUT2D eigenvalue weighted by Gasteiger charge is 2.33. The lowest BCUT2D eigenvalue weighted by Crippen LogP contribution is -2.29. The molecule has 0 bridgehead atoms. The van der Waals surface area contributed by atoms with Gasteiger partial charge in [0.1, 0.15) is 5.02 Å². The SMILES string of the molecule is O=C(c1cc(Cl)c(Cl)c([N+](=O)[O-])c1)N1CC(O)C(O)C1. The van der Waals surface area contributed by atoms with Crippen LogP contribution in [0.4, 0.5) is 5.69 Å². The summed E-state index contributed by atoms with van der Waals surface area (Å²) in [5.74, 6) is -0.567. The lowest BCUT2D eigenvalue weighted by molar-refractivity contribution is -0.384. The molecule has 0 aromatic heterocycles. The zero-order valence-corrected chi connectivity index (χ0v) is 11.5. The van der Waals surface area contributed by atoms with E-state index in [4.69, 9.17) is 23.2 Å². The summed E-state index contributed by atoms with van der Waals surface area (Å²) in [7, 11) is 0. The number of nitrogens with zero attached hydrogens (tertiary/aromatic N) is 2. The summed E-state index contributed by atoms with van der Waals surface area (Å²) in [4.78, 5) is 23.4. The van der Waals surface area contributed by atoms with Gasteiger partial charge in [-0.25, -0.2) is 0 Å². The minimum atomic E-state index is -1.03. The summed E-state index contributed by atoms with van der Waals surface area (Å²) in [5, 5.41) is 29.3. The second-order valence-corrected chi connectivity index (χ2v) is 5.18. The van der Waals surface area contributed by atoms with Crippen LogP contribution in [-0.4, -0.2) is 51.2 Å². The van der Waals surface area contributed by atoms with E-state index in [0.29, 0.717) is 0 Å². The molecular weight excluding hydrogens is 311 g/mol. The zero-order valence-electron chi connectivity index (χ0n) is 9.99. The van der Waals surface area contributed by atoms with Gasteiger partial charge in [0.2, 0.25) is 0 Å². The van der Waals surface area contributed by atoms with Gasteiger partial charge >= 0.3 is 0 Å². The molecule has 9 heteroatoms. The number of rotatable bonds is 2. The summed E-state index contributed by atoms with van der Waals surface area (Å²) in [5.41, 5.74) is -0.491. The van der Waals surface area contributed by atoms with Gasteiger partial charge in [-0.2, -0.15) is 0 Å². The van der Waals surface area contributed by atoms with Crippen molar-refractivity contribution in [2.75, 3.05) is 13.1 Å². The number of nitro groups is 1. The molecule has 1 heterocycles. The number of aliphatic hydroxyl groups is 2. The Labute approximate surface area is 123 Å². The molecule has 2 rings (SSSR count). The van der Waals surface area contributed by atoms with E-state index >= 15 is 0 Å². The van der Waals surface area contributed by atoms with Gasteiger partial charge < -0.3 is 15.1 Å². The number of carbonyl (C=O) groups is 1. The molecule has 1 aliphatic heterocycles. The summed E-state index contributed by atoms with van der Waals surface area (Å²) < 4.78 is 0. The molecule has 1 amide bonds. The van der Waals surface area contributed by atoms with E-state index in [1.165, 1.54) is 11.0 Å². The minimum absolute atomic E-state index is 0.0209. The highest BCUT2D eigenvalue weighted by atomic mass is 35.5. The average Bonchev–Trinajstić information content (AvgIpc) is 2.71. The number of hydrogen-bond acceptors (Lipinski definition) is 5. The van der Waals surface area contributed by atoms with E-state index in [1.807, 2.05) is 0 Å². The van der Waals surface area contributed by atoms with Crippen molar-refractivity contribution in [3.05, 3.63) is 37.9 Å². The number of amides is 1. The van der Waals surface area contributed by atoms with Crippen LogP contribution in [0.1, 0.15) is 10.4 Å². The van der Waals surface area contributed by atoms with Gasteiger partial charge in [0.15, 0.2) is 0 Å². The van der Waals surface area contributed by atoms with E-state index in [-0.39, 0.29) is 28.7 Å². The number of likely N-dealkylation sites (tertiary alicyclic amines) is 1. The van der Waals surface area contributed by atoms with Crippen molar-refractivity contribution in [2.45, 2.75) is 12.2 Å². The quantitative estimate of drug-likeness (QED) is 0.626. The van der Waals surface area contributed by atoms with Crippen molar-refractivity contribution >= 4 is 34.8 Å². The number of benzene rings is 1. The first-order valence-electron chi connectivity index (χ1n) is 5.60. The number of aliphatic hydroxyl groups excluding tert-OH is 2. The Kier molecular flexibility index (Phi) is 4.14. The van der Waals surface area contributed by atoms with Gasteiger partial charge in [0, 0.05) is 24.7 Å². The maximum atomic E-state index is 12.2. The lowest BCUT2D eigenvalue weighted by Gasteiger charge is -2.15. The third-order valence-electron chi connectivity index (χ3n) is 3.00.